The summed E-state index contributed by atoms with van der Waals surface area (Å²) in [6.07, 6.45) is 2.01. The summed E-state index contributed by atoms with van der Waals surface area (Å²) in [4.78, 5) is 59.0. The molecule has 1 aromatic heterocycles. The average molecular weight is 752 g/mol. The molecule has 1 aliphatic heterocycles. The zero-order valence-electron chi connectivity index (χ0n) is 31.5. The van der Waals surface area contributed by atoms with Gasteiger partial charge in [-0.15, -0.1) is 0 Å². The maximum atomic E-state index is 15.0. The molecule has 4 amide bonds. The smallest absolute Gasteiger partial charge is 0.293 e. The number of hydrogen-bond donors (Lipinski definition) is 5. The summed E-state index contributed by atoms with van der Waals surface area (Å²) in [5, 5.41) is 12.3. The van der Waals surface area contributed by atoms with Crippen LogP contribution in [0.5, 0.6) is 0 Å². The molecule has 1 aliphatic carbocycles. The van der Waals surface area contributed by atoms with Crippen LogP contribution in [0.25, 0.3) is 10.9 Å². The Labute approximate surface area is 314 Å². The van der Waals surface area contributed by atoms with Gasteiger partial charge in [0.2, 0.25) is 23.6 Å². The Bertz CT molecular complexity index is 1860. The fraction of sp³-hybridized carbons (Fsp3) is 0.512. The Morgan fingerprint density at radius 2 is 1.70 bits per heavy atom. The monoisotopic (exact) mass is 751 g/mol. The van der Waals surface area contributed by atoms with Crippen molar-refractivity contribution in [3.8, 4) is 0 Å². The largest absolute Gasteiger partial charge is 0.381 e. The number of rotatable bonds is 15. The molecular weight excluding hydrogens is 699 g/mol. The lowest BCUT2D eigenvalue weighted by Gasteiger charge is -2.40. The van der Waals surface area contributed by atoms with Gasteiger partial charge in [0.1, 0.15) is 23.6 Å². The minimum Gasteiger partial charge on any atom is -0.381 e. The quantitative estimate of drug-likeness (QED) is 0.0997. The Kier molecular flexibility index (Phi) is 12.9. The summed E-state index contributed by atoms with van der Waals surface area (Å²) in [6.45, 7) is 11.8. The first-order chi connectivity index (χ1) is 25.7. The third-order valence-corrected chi connectivity index (χ3v) is 11.2. The van der Waals surface area contributed by atoms with Crippen LogP contribution in [0.4, 0.5) is 13.2 Å². The fourth-order valence-corrected chi connectivity index (χ4v) is 7.34. The molecule has 0 saturated carbocycles. The van der Waals surface area contributed by atoms with Gasteiger partial charge in [0.15, 0.2) is 0 Å². The Morgan fingerprint density at radius 3 is 2.37 bits per heavy atom. The van der Waals surface area contributed by atoms with E-state index in [2.05, 4.69) is 32.8 Å². The van der Waals surface area contributed by atoms with E-state index in [1.165, 1.54) is 30.3 Å². The molecule has 3 aromatic rings. The molecule has 2 aliphatic rings. The molecule has 13 heteroatoms. The van der Waals surface area contributed by atoms with Crippen LogP contribution < -0.4 is 21.3 Å². The molecule has 2 aromatic carbocycles. The number of para-hydroxylation sites is 1. The van der Waals surface area contributed by atoms with E-state index >= 15 is 8.78 Å². The molecule has 0 spiro atoms. The topological polar surface area (TPSA) is 141 Å². The van der Waals surface area contributed by atoms with E-state index in [9.17, 15) is 23.6 Å². The third-order valence-electron chi connectivity index (χ3n) is 11.2. The summed E-state index contributed by atoms with van der Waals surface area (Å²) in [7, 11) is 0. The molecule has 1 fully saturated rings. The standard InChI is InChI=1S/C41H52F3N5O5/c1-6-24(4)34(46-33(50)22-27-12-9-10-15-31(27)42)38(52)49-40(39(53)48-36(25(5)7-2)47-37(51)26-17-20-54-21-18-26)19-16-32-29(23-40)28-13-11-14-30(35(28)45-32)41(43,44)8-3/h8-15,24-26,34,36,45H,3,6-7,16-23H2,1-2,4-5H3,(H,46,50)(H,47,51)(H,48,53)(H,49,52)/t24?,25?,34-,36-,40+/m0/s1. The van der Waals surface area contributed by atoms with E-state index in [0.717, 1.165) is 0 Å². The second-order valence-corrected chi connectivity index (χ2v) is 14.8. The summed E-state index contributed by atoms with van der Waals surface area (Å²) in [5.41, 5.74) is -0.206. The molecule has 0 bridgehead atoms. The van der Waals surface area contributed by atoms with Crippen LogP contribution in [-0.2, 0) is 49.1 Å². The van der Waals surface area contributed by atoms with Gasteiger partial charge in [-0.05, 0) is 67.2 Å². The number of allylic oxidation sites excluding steroid dienone is 1. The van der Waals surface area contributed by atoms with Gasteiger partial charge in [0, 0.05) is 42.2 Å². The zero-order valence-corrected chi connectivity index (χ0v) is 31.5. The number of alkyl halides is 2. The molecule has 2 heterocycles. The van der Waals surface area contributed by atoms with Crippen LogP contribution in [0.1, 0.15) is 82.2 Å². The van der Waals surface area contributed by atoms with Gasteiger partial charge in [-0.25, -0.2) is 4.39 Å². The number of aromatic nitrogens is 1. The van der Waals surface area contributed by atoms with E-state index in [1.54, 1.807) is 19.1 Å². The first-order valence-corrected chi connectivity index (χ1v) is 18.9. The van der Waals surface area contributed by atoms with Crippen LogP contribution in [0.15, 0.2) is 55.1 Å². The molecule has 0 radical (unpaired) electrons. The lowest BCUT2D eigenvalue weighted by Crippen LogP contribution is -2.67. The number of carbonyl (C=O) groups is 4. The number of amides is 4. The third kappa shape index (κ3) is 8.83. The lowest BCUT2D eigenvalue weighted by molar-refractivity contribution is -0.138. The second-order valence-electron chi connectivity index (χ2n) is 14.8. The Morgan fingerprint density at radius 1 is 1.00 bits per heavy atom. The number of nitrogens with one attached hydrogen (secondary N) is 5. The summed E-state index contributed by atoms with van der Waals surface area (Å²) >= 11 is 0. The maximum absolute atomic E-state index is 15.0. The van der Waals surface area contributed by atoms with Crippen LogP contribution in [0.2, 0.25) is 0 Å². The molecule has 10 nitrogen and oxygen atoms in total. The number of aryl methyl sites for hydroxylation is 1. The van der Waals surface area contributed by atoms with Gasteiger partial charge in [-0.1, -0.05) is 77.1 Å². The zero-order chi connectivity index (χ0) is 39.2. The van der Waals surface area contributed by atoms with Crippen molar-refractivity contribution < 1.29 is 37.1 Å². The molecule has 54 heavy (non-hydrogen) atoms. The van der Waals surface area contributed by atoms with E-state index in [0.29, 0.717) is 61.6 Å². The first-order valence-electron chi connectivity index (χ1n) is 18.9. The minimum absolute atomic E-state index is 0.0550. The number of carbonyl (C=O) groups excluding carboxylic acids is 4. The summed E-state index contributed by atoms with van der Waals surface area (Å²) in [5.74, 6) is -6.64. The van der Waals surface area contributed by atoms with Gasteiger partial charge in [0.25, 0.3) is 5.92 Å². The lowest BCUT2D eigenvalue weighted by atomic mass is 9.78. The molecule has 5 N–H and O–H groups in total. The molecule has 1 saturated heterocycles. The van der Waals surface area contributed by atoms with Crippen LogP contribution >= 0.6 is 0 Å². The minimum atomic E-state index is -3.33. The number of hydrogen-bond acceptors (Lipinski definition) is 5. The van der Waals surface area contributed by atoms with Crippen LogP contribution in [0.3, 0.4) is 0 Å². The van der Waals surface area contributed by atoms with Crippen molar-refractivity contribution in [3.63, 3.8) is 0 Å². The number of aromatic amines is 1. The van der Waals surface area contributed by atoms with Gasteiger partial charge in [-0.3, -0.25) is 19.2 Å². The molecule has 292 valence electrons. The van der Waals surface area contributed by atoms with Crippen molar-refractivity contribution in [1.29, 1.82) is 0 Å². The number of ether oxygens (including phenoxy) is 1. The van der Waals surface area contributed by atoms with E-state index < -0.39 is 47.2 Å². The SMILES string of the molecule is C=CC(F)(F)c1cccc2c3c([nH]c12)CC[C@](NC(=O)[C@@H](NC(=O)Cc1ccccc1F)C(C)CC)(C(=O)N[C@H](NC(=O)C1CCOCC1)C(C)CC)C3. The van der Waals surface area contributed by atoms with Crippen molar-refractivity contribution in [2.24, 2.45) is 17.8 Å². The first kappa shape index (κ1) is 40.5. The van der Waals surface area contributed by atoms with E-state index in [1.807, 2.05) is 20.8 Å². The summed E-state index contributed by atoms with van der Waals surface area (Å²) < 4.78 is 49.9. The Hall–Kier alpha value is -4.65. The van der Waals surface area contributed by atoms with Gasteiger partial charge < -0.3 is 31.0 Å². The predicted octanol–water partition coefficient (Wildman–Crippen LogP) is 5.73. The van der Waals surface area contributed by atoms with Gasteiger partial charge in [-0.2, -0.15) is 8.78 Å². The van der Waals surface area contributed by atoms with Crippen molar-refractivity contribution in [2.75, 3.05) is 13.2 Å². The maximum Gasteiger partial charge on any atom is 0.293 e. The highest BCUT2D eigenvalue weighted by atomic mass is 19.3. The molecule has 5 rings (SSSR count). The highest BCUT2D eigenvalue weighted by Crippen LogP contribution is 2.40. The van der Waals surface area contributed by atoms with Crippen molar-refractivity contribution in [2.45, 2.75) is 103 Å². The number of benzene rings is 2. The van der Waals surface area contributed by atoms with Crippen molar-refractivity contribution >= 4 is 34.5 Å². The normalized spacial score (nSPS) is 19.8. The number of fused-ring (bicyclic) bond motifs is 3. The highest BCUT2D eigenvalue weighted by molar-refractivity contribution is 5.97. The second kappa shape index (κ2) is 17.2. The van der Waals surface area contributed by atoms with Crippen LogP contribution in [0, 0.1) is 23.6 Å². The van der Waals surface area contributed by atoms with Crippen molar-refractivity contribution in [3.05, 3.63) is 83.3 Å². The average Bonchev–Trinajstić information content (AvgIpc) is 3.54. The predicted molar refractivity (Wildman–Crippen MR) is 200 cm³/mol. The summed E-state index contributed by atoms with van der Waals surface area (Å²) in [6, 6.07) is 9.36. The van der Waals surface area contributed by atoms with Gasteiger partial charge >= 0.3 is 0 Å². The molecule has 5 atom stereocenters. The molecular formula is C41H52F3N5O5. The van der Waals surface area contributed by atoms with Crippen LogP contribution in [-0.4, -0.2) is 59.6 Å². The molecule has 2 unspecified atom stereocenters. The van der Waals surface area contributed by atoms with Gasteiger partial charge in [0.05, 0.1) is 11.9 Å². The number of H-pyrrole nitrogens is 1. The highest BCUT2D eigenvalue weighted by Gasteiger charge is 2.47. The van der Waals surface area contributed by atoms with E-state index in [-0.39, 0.29) is 66.0 Å². The fourth-order valence-electron chi connectivity index (χ4n) is 7.34. The van der Waals surface area contributed by atoms with Crippen molar-refractivity contribution in [1.82, 2.24) is 26.3 Å². The van der Waals surface area contributed by atoms with E-state index in [4.69, 9.17) is 4.74 Å². The Balaban J connectivity index is 1.50. The number of halogens is 3.